The maximum Gasteiger partial charge on any atom is 0.340 e. The molecule has 1 N–H and O–H groups in total. The fourth-order valence-corrected chi connectivity index (χ4v) is 3.82. The lowest BCUT2D eigenvalue weighted by Gasteiger charge is -2.12. The van der Waals surface area contributed by atoms with Crippen LogP contribution >= 0.6 is 11.8 Å². The van der Waals surface area contributed by atoms with Crippen molar-refractivity contribution in [3.8, 4) is 11.5 Å². The number of hydrogen-bond acceptors (Lipinski definition) is 7. The monoisotopic (exact) mass is 440 g/mol. The molecule has 0 aliphatic rings. The highest BCUT2D eigenvalue weighted by Crippen LogP contribution is 2.33. The number of carbonyl (C=O) groups is 2. The summed E-state index contributed by atoms with van der Waals surface area (Å²) < 4.78 is 15.7. The van der Waals surface area contributed by atoms with Crippen molar-refractivity contribution in [2.75, 3.05) is 31.9 Å². The Kier molecular flexibility index (Phi) is 7.36. The zero-order chi connectivity index (χ0) is 22.4. The van der Waals surface area contributed by atoms with Crippen LogP contribution in [0.5, 0.6) is 11.5 Å². The summed E-state index contributed by atoms with van der Waals surface area (Å²) in [6.07, 6.45) is 0. The number of ether oxygens (including phenoxy) is 3. The number of fused-ring (bicyclic) bond motifs is 1. The molecule has 1 heterocycles. The molecular formula is C23H24N2O5S. The minimum atomic E-state index is -0.470. The number of amides is 1. The first kappa shape index (κ1) is 22.4. The molecule has 0 fully saturated rings. The fraction of sp³-hybridized carbons (Fsp3) is 0.261. The van der Waals surface area contributed by atoms with Crippen molar-refractivity contribution in [1.29, 1.82) is 0 Å². The van der Waals surface area contributed by atoms with Crippen LogP contribution in [0.3, 0.4) is 0 Å². The molecule has 0 aliphatic heterocycles. The maximum atomic E-state index is 12.5. The number of benzene rings is 2. The van der Waals surface area contributed by atoms with Crippen molar-refractivity contribution in [3.63, 3.8) is 0 Å². The summed E-state index contributed by atoms with van der Waals surface area (Å²) in [5, 5.41) is 4.45. The van der Waals surface area contributed by atoms with E-state index in [1.54, 1.807) is 45.4 Å². The number of aryl methyl sites for hydroxylation is 1. The van der Waals surface area contributed by atoms with E-state index in [2.05, 4.69) is 10.3 Å². The Labute approximate surface area is 185 Å². The summed E-state index contributed by atoms with van der Waals surface area (Å²) in [6.45, 7) is 3.94. The largest absolute Gasteiger partial charge is 0.493 e. The predicted octanol–water partition coefficient (Wildman–Crippen LogP) is 4.47. The van der Waals surface area contributed by atoms with E-state index in [-0.39, 0.29) is 18.3 Å². The standard InChI is InChI=1S/C23H24N2O5S/c1-5-30-23(27)16-8-6-7-9-17(16)24-21(26)13-31-22-14(2)10-15-11-19(28-3)20(29-4)12-18(15)25-22/h6-12H,5,13H2,1-4H3,(H,24,26). The molecule has 0 atom stereocenters. The van der Waals surface area contributed by atoms with Gasteiger partial charge in [0.05, 0.1) is 43.3 Å². The van der Waals surface area contributed by atoms with Gasteiger partial charge in [-0.3, -0.25) is 4.79 Å². The second kappa shape index (κ2) is 10.2. The third-order valence-corrected chi connectivity index (χ3v) is 5.59. The van der Waals surface area contributed by atoms with Crippen LogP contribution in [0.15, 0.2) is 47.5 Å². The molecule has 3 aromatic rings. The van der Waals surface area contributed by atoms with E-state index < -0.39 is 5.97 Å². The molecule has 0 spiro atoms. The number of para-hydroxylation sites is 1. The Bertz CT molecular complexity index is 1120. The topological polar surface area (TPSA) is 86.8 Å². The average Bonchev–Trinajstić information content (AvgIpc) is 2.77. The number of anilines is 1. The third kappa shape index (κ3) is 5.27. The van der Waals surface area contributed by atoms with Gasteiger partial charge in [0, 0.05) is 11.5 Å². The minimum absolute atomic E-state index is 0.143. The molecule has 31 heavy (non-hydrogen) atoms. The number of methoxy groups -OCH3 is 2. The van der Waals surface area contributed by atoms with Gasteiger partial charge >= 0.3 is 5.97 Å². The highest BCUT2D eigenvalue weighted by molar-refractivity contribution is 8.00. The van der Waals surface area contributed by atoms with Crippen molar-refractivity contribution in [1.82, 2.24) is 4.98 Å². The molecule has 1 amide bonds. The quantitative estimate of drug-likeness (QED) is 0.408. The van der Waals surface area contributed by atoms with E-state index in [1.807, 2.05) is 25.1 Å². The Hall–Kier alpha value is -3.26. The highest BCUT2D eigenvalue weighted by atomic mass is 32.2. The molecule has 162 valence electrons. The third-order valence-electron chi connectivity index (χ3n) is 4.50. The van der Waals surface area contributed by atoms with Crippen molar-refractivity contribution in [3.05, 3.63) is 53.6 Å². The molecule has 1 aromatic heterocycles. The molecular weight excluding hydrogens is 416 g/mol. The van der Waals surface area contributed by atoms with Gasteiger partial charge in [0.15, 0.2) is 11.5 Å². The van der Waals surface area contributed by atoms with Gasteiger partial charge in [0.25, 0.3) is 0 Å². The number of nitrogens with one attached hydrogen (secondary N) is 1. The maximum absolute atomic E-state index is 12.5. The van der Waals surface area contributed by atoms with Gasteiger partial charge in [0.1, 0.15) is 5.03 Å². The number of carbonyl (C=O) groups excluding carboxylic acids is 2. The molecule has 0 saturated heterocycles. The Morgan fingerprint density at radius 1 is 1.06 bits per heavy atom. The summed E-state index contributed by atoms with van der Waals surface area (Å²) >= 11 is 1.33. The summed E-state index contributed by atoms with van der Waals surface area (Å²) in [5.74, 6) is 0.661. The zero-order valence-electron chi connectivity index (χ0n) is 17.9. The van der Waals surface area contributed by atoms with Crippen LogP contribution in [0, 0.1) is 6.92 Å². The van der Waals surface area contributed by atoms with Crippen molar-refractivity contribution in [2.24, 2.45) is 0 Å². The summed E-state index contributed by atoms with van der Waals surface area (Å²) in [6, 6.07) is 12.5. The summed E-state index contributed by atoms with van der Waals surface area (Å²) in [4.78, 5) is 29.3. The SMILES string of the molecule is CCOC(=O)c1ccccc1NC(=O)CSc1nc2cc(OC)c(OC)cc2cc1C. The number of nitrogens with zero attached hydrogens (tertiary/aromatic N) is 1. The van der Waals surface area contributed by atoms with E-state index in [1.165, 1.54) is 11.8 Å². The summed E-state index contributed by atoms with van der Waals surface area (Å²) in [7, 11) is 3.17. The Balaban J connectivity index is 1.75. The van der Waals surface area contributed by atoms with Gasteiger partial charge in [-0.1, -0.05) is 23.9 Å². The molecule has 2 aromatic carbocycles. The molecule has 8 heteroatoms. The molecule has 0 radical (unpaired) electrons. The Morgan fingerprint density at radius 2 is 1.77 bits per heavy atom. The molecule has 0 aliphatic carbocycles. The number of esters is 1. The van der Waals surface area contributed by atoms with Crippen LogP contribution in [-0.4, -0.2) is 43.4 Å². The van der Waals surface area contributed by atoms with Crippen LogP contribution in [0.4, 0.5) is 5.69 Å². The van der Waals surface area contributed by atoms with E-state index in [9.17, 15) is 9.59 Å². The number of aromatic nitrogens is 1. The minimum Gasteiger partial charge on any atom is -0.493 e. The first-order chi connectivity index (χ1) is 15.0. The van der Waals surface area contributed by atoms with E-state index in [4.69, 9.17) is 14.2 Å². The van der Waals surface area contributed by atoms with Crippen molar-refractivity contribution < 1.29 is 23.8 Å². The Morgan fingerprint density at radius 3 is 2.48 bits per heavy atom. The average molecular weight is 441 g/mol. The summed E-state index contributed by atoms with van der Waals surface area (Å²) in [5.41, 5.74) is 2.44. The predicted molar refractivity (Wildman–Crippen MR) is 121 cm³/mol. The van der Waals surface area contributed by atoms with Crippen molar-refractivity contribution in [2.45, 2.75) is 18.9 Å². The fourth-order valence-electron chi connectivity index (χ4n) is 3.03. The lowest BCUT2D eigenvalue weighted by Crippen LogP contribution is -2.17. The number of thioether (sulfide) groups is 1. The number of hydrogen-bond donors (Lipinski definition) is 1. The van der Waals surface area contributed by atoms with Crippen LogP contribution in [0.1, 0.15) is 22.8 Å². The van der Waals surface area contributed by atoms with Crippen LogP contribution in [0.25, 0.3) is 10.9 Å². The molecule has 7 nitrogen and oxygen atoms in total. The first-order valence-corrected chi connectivity index (χ1v) is 10.7. The molecule has 3 rings (SSSR count). The smallest absolute Gasteiger partial charge is 0.340 e. The molecule has 0 saturated carbocycles. The normalized spacial score (nSPS) is 10.6. The number of pyridine rings is 1. The second-order valence-corrected chi connectivity index (χ2v) is 7.58. The highest BCUT2D eigenvalue weighted by Gasteiger charge is 2.15. The van der Waals surface area contributed by atoms with E-state index in [0.717, 1.165) is 21.5 Å². The van der Waals surface area contributed by atoms with Gasteiger partial charge in [0.2, 0.25) is 5.91 Å². The first-order valence-electron chi connectivity index (χ1n) is 9.69. The van der Waals surface area contributed by atoms with Crippen LogP contribution in [-0.2, 0) is 9.53 Å². The number of rotatable bonds is 8. The van der Waals surface area contributed by atoms with Crippen LogP contribution in [0.2, 0.25) is 0 Å². The van der Waals surface area contributed by atoms with E-state index >= 15 is 0 Å². The van der Waals surface area contributed by atoms with Gasteiger partial charge in [-0.05, 0) is 43.7 Å². The zero-order valence-corrected chi connectivity index (χ0v) is 18.7. The van der Waals surface area contributed by atoms with Gasteiger partial charge in [-0.25, -0.2) is 9.78 Å². The molecule has 0 bridgehead atoms. The van der Waals surface area contributed by atoms with Gasteiger partial charge < -0.3 is 19.5 Å². The molecule has 0 unspecified atom stereocenters. The lowest BCUT2D eigenvalue weighted by molar-refractivity contribution is -0.113. The lowest BCUT2D eigenvalue weighted by atomic mass is 10.1. The van der Waals surface area contributed by atoms with Gasteiger partial charge in [-0.15, -0.1) is 0 Å². The second-order valence-electron chi connectivity index (χ2n) is 6.61. The van der Waals surface area contributed by atoms with Crippen LogP contribution < -0.4 is 14.8 Å². The van der Waals surface area contributed by atoms with Gasteiger partial charge in [-0.2, -0.15) is 0 Å². The van der Waals surface area contributed by atoms with Crippen molar-refractivity contribution >= 4 is 40.2 Å². The van der Waals surface area contributed by atoms with E-state index in [0.29, 0.717) is 22.7 Å².